The fraction of sp³-hybridized carbons (Fsp3) is 0.367. The van der Waals surface area contributed by atoms with E-state index < -0.39 is 17.2 Å². The van der Waals surface area contributed by atoms with Crippen molar-refractivity contribution in [3.05, 3.63) is 98.8 Å². The minimum atomic E-state index is -1.85. The molecule has 2 aliphatic heterocycles. The number of ether oxygens (including phenoxy) is 1. The van der Waals surface area contributed by atoms with Crippen LogP contribution >= 0.6 is 23.2 Å². The number of rotatable bonds is 7. The maximum atomic E-state index is 14.1. The number of fused-ring (bicyclic) bond motifs is 1. The Hall–Kier alpha value is -3.01. The number of piperidine rings is 1. The van der Waals surface area contributed by atoms with E-state index in [1.54, 1.807) is 54.5 Å². The van der Waals surface area contributed by atoms with Crippen LogP contribution in [-0.2, 0) is 27.4 Å². The zero-order valence-electron chi connectivity index (χ0n) is 22.7. The Morgan fingerprint density at radius 1 is 1.12 bits per heavy atom. The molecule has 1 unspecified atom stereocenters. The third kappa shape index (κ3) is 5.10. The van der Waals surface area contributed by atoms with Crippen LogP contribution in [-0.4, -0.2) is 65.0 Å². The van der Waals surface area contributed by atoms with Crippen LogP contribution in [0.3, 0.4) is 0 Å². The van der Waals surface area contributed by atoms with Crippen molar-refractivity contribution in [1.82, 2.24) is 20.1 Å². The van der Waals surface area contributed by atoms with E-state index in [0.717, 1.165) is 25.9 Å². The molecule has 0 aliphatic carbocycles. The number of hydrogen-bond acceptors (Lipinski definition) is 6. The first kappa shape index (κ1) is 28.5. The lowest BCUT2D eigenvalue weighted by atomic mass is 9.88. The monoisotopic (exact) mass is 582 g/mol. The molecule has 210 valence electrons. The Morgan fingerprint density at radius 2 is 1.80 bits per heavy atom. The second-order valence-electron chi connectivity index (χ2n) is 10.6. The molecule has 0 spiro atoms. The maximum Gasteiger partial charge on any atom is 0.257 e. The summed E-state index contributed by atoms with van der Waals surface area (Å²) in [5.41, 5.74) is -0.593. The average Bonchev–Trinajstić information content (AvgIpc) is 3.18. The standard InChI is InChI=1S/C30H32Cl2N4O4/c1-29(39,28(38)34-23-12-14-35(2)15-13-23)20-6-11-26-25(16-20)27(37)36(18-24-10-9-22(32)17-33-24)30(26,40-3)19-4-7-21(31)8-5-19/h4-11,16-17,23,39H,12-15,18H2,1-3H3,(H,34,38)/t29?,30-/m1/s1. The third-order valence-electron chi connectivity index (χ3n) is 7.94. The lowest BCUT2D eigenvalue weighted by molar-refractivity contribution is -0.140. The molecule has 1 saturated heterocycles. The number of carbonyl (C=O) groups is 2. The summed E-state index contributed by atoms with van der Waals surface area (Å²) in [5, 5.41) is 15.4. The first-order chi connectivity index (χ1) is 19.1. The minimum Gasteiger partial charge on any atom is -0.376 e. The highest BCUT2D eigenvalue weighted by Gasteiger charge is 2.52. The van der Waals surface area contributed by atoms with E-state index >= 15 is 0 Å². The van der Waals surface area contributed by atoms with E-state index in [1.165, 1.54) is 13.1 Å². The van der Waals surface area contributed by atoms with Crippen LogP contribution in [0.25, 0.3) is 0 Å². The molecule has 2 N–H and O–H groups in total. The van der Waals surface area contributed by atoms with Crippen LogP contribution in [0.2, 0.25) is 10.0 Å². The number of aliphatic hydroxyl groups is 1. The normalized spacial score (nSPS) is 21.2. The first-order valence-corrected chi connectivity index (χ1v) is 13.9. The number of amides is 2. The van der Waals surface area contributed by atoms with Gasteiger partial charge >= 0.3 is 0 Å². The SMILES string of the molecule is CO[C@]1(c2ccc(Cl)cc2)c2ccc(C(C)(O)C(=O)NC3CCN(C)CC3)cc2C(=O)N1Cc1ccc(Cl)cn1. The number of halogens is 2. The van der Waals surface area contributed by atoms with Crippen molar-refractivity contribution < 1.29 is 19.4 Å². The van der Waals surface area contributed by atoms with Gasteiger partial charge < -0.3 is 20.1 Å². The van der Waals surface area contributed by atoms with Crippen molar-refractivity contribution in [3.8, 4) is 0 Å². The van der Waals surface area contributed by atoms with Gasteiger partial charge in [-0.3, -0.25) is 19.5 Å². The summed E-state index contributed by atoms with van der Waals surface area (Å²) >= 11 is 12.2. The van der Waals surface area contributed by atoms with Gasteiger partial charge in [0.05, 0.1) is 17.3 Å². The Kier molecular flexibility index (Phi) is 7.92. The lowest BCUT2D eigenvalue weighted by Crippen LogP contribution is -2.50. The second-order valence-corrected chi connectivity index (χ2v) is 11.5. The van der Waals surface area contributed by atoms with E-state index in [2.05, 4.69) is 15.2 Å². The van der Waals surface area contributed by atoms with Crippen LogP contribution < -0.4 is 5.32 Å². The van der Waals surface area contributed by atoms with Crippen LogP contribution in [0.5, 0.6) is 0 Å². The highest BCUT2D eigenvalue weighted by Crippen LogP contribution is 2.46. The largest absolute Gasteiger partial charge is 0.376 e. The second kappa shape index (κ2) is 11.1. The fourth-order valence-electron chi connectivity index (χ4n) is 5.53. The summed E-state index contributed by atoms with van der Waals surface area (Å²) in [6.45, 7) is 3.34. The van der Waals surface area contributed by atoms with Crippen molar-refractivity contribution in [2.24, 2.45) is 0 Å². The minimum absolute atomic E-state index is 0.0142. The molecule has 0 saturated carbocycles. The highest BCUT2D eigenvalue weighted by molar-refractivity contribution is 6.30. The Bertz CT molecular complexity index is 1410. The molecule has 3 heterocycles. The van der Waals surface area contributed by atoms with Crippen molar-refractivity contribution in [1.29, 1.82) is 0 Å². The molecular formula is C30H32Cl2N4O4. The molecule has 8 nitrogen and oxygen atoms in total. The predicted molar refractivity (Wildman–Crippen MR) is 153 cm³/mol. The summed E-state index contributed by atoms with van der Waals surface area (Å²) in [7, 11) is 3.59. The van der Waals surface area contributed by atoms with Gasteiger partial charge in [-0.25, -0.2) is 0 Å². The number of aromatic nitrogens is 1. The number of hydrogen-bond donors (Lipinski definition) is 2. The smallest absolute Gasteiger partial charge is 0.257 e. The fourth-order valence-corrected chi connectivity index (χ4v) is 5.77. The number of methoxy groups -OCH3 is 1. The Labute approximate surface area is 243 Å². The third-order valence-corrected chi connectivity index (χ3v) is 8.41. The van der Waals surface area contributed by atoms with E-state index in [1.807, 2.05) is 19.2 Å². The van der Waals surface area contributed by atoms with E-state index in [4.69, 9.17) is 27.9 Å². The molecule has 5 rings (SSSR count). The molecule has 40 heavy (non-hydrogen) atoms. The van der Waals surface area contributed by atoms with Gasteiger partial charge in [0.15, 0.2) is 11.3 Å². The molecule has 2 aromatic carbocycles. The van der Waals surface area contributed by atoms with Gasteiger partial charge in [-0.1, -0.05) is 47.5 Å². The van der Waals surface area contributed by atoms with Crippen molar-refractivity contribution in [2.75, 3.05) is 27.2 Å². The van der Waals surface area contributed by atoms with Crippen molar-refractivity contribution in [2.45, 2.75) is 43.7 Å². The van der Waals surface area contributed by atoms with Crippen LogP contribution in [0.15, 0.2) is 60.8 Å². The molecule has 10 heteroatoms. The molecule has 1 fully saturated rings. The van der Waals surface area contributed by atoms with Gasteiger partial charge in [0.2, 0.25) is 0 Å². The van der Waals surface area contributed by atoms with Gasteiger partial charge in [-0.05, 0) is 75.8 Å². The summed E-state index contributed by atoms with van der Waals surface area (Å²) < 4.78 is 6.17. The summed E-state index contributed by atoms with van der Waals surface area (Å²) in [5.74, 6) is -0.817. The first-order valence-electron chi connectivity index (χ1n) is 13.2. The number of likely N-dealkylation sites (tertiary alicyclic amines) is 1. The van der Waals surface area contributed by atoms with Crippen LogP contribution in [0.4, 0.5) is 0 Å². The number of pyridine rings is 1. The molecule has 0 radical (unpaired) electrons. The van der Waals surface area contributed by atoms with Gasteiger partial charge in [0.25, 0.3) is 11.8 Å². The predicted octanol–water partition coefficient (Wildman–Crippen LogP) is 4.31. The van der Waals surface area contributed by atoms with Crippen molar-refractivity contribution >= 4 is 35.0 Å². The molecular weight excluding hydrogens is 551 g/mol. The number of carbonyl (C=O) groups excluding carboxylic acids is 2. The van der Waals surface area contributed by atoms with Gasteiger partial charge in [0, 0.05) is 41.1 Å². The highest BCUT2D eigenvalue weighted by atomic mass is 35.5. The average molecular weight is 584 g/mol. The maximum absolute atomic E-state index is 14.1. The molecule has 2 amide bonds. The molecule has 3 aromatic rings. The van der Waals surface area contributed by atoms with Crippen molar-refractivity contribution in [3.63, 3.8) is 0 Å². The van der Waals surface area contributed by atoms with E-state index in [9.17, 15) is 14.7 Å². The number of nitrogens with zero attached hydrogens (tertiary/aromatic N) is 3. The Morgan fingerprint density at radius 3 is 2.42 bits per heavy atom. The molecule has 2 aliphatic rings. The van der Waals surface area contributed by atoms with Crippen LogP contribution in [0.1, 0.15) is 52.5 Å². The number of nitrogens with one attached hydrogen (secondary N) is 1. The van der Waals surface area contributed by atoms with E-state index in [-0.39, 0.29) is 18.5 Å². The summed E-state index contributed by atoms with van der Waals surface area (Å²) in [6, 6.07) is 15.6. The zero-order chi connectivity index (χ0) is 28.7. The number of benzene rings is 2. The lowest BCUT2D eigenvalue weighted by Gasteiger charge is -2.38. The summed E-state index contributed by atoms with van der Waals surface area (Å²) in [4.78, 5) is 35.5. The molecule has 2 atom stereocenters. The van der Waals surface area contributed by atoms with Gasteiger partial charge in [0.1, 0.15) is 0 Å². The molecule has 1 aromatic heterocycles. The topological polar surface area (TPSA) is 95.0 Å². The van der Waals surface area contributed by atoms with Gasteiger partial charge in [-0.2, -0.15) is 0 Å². The summed E-state index contributed by atoms with van der Waals surface area (Å²) in [6.07, 6.45) is 3.15. The quantitative estimate of drug-likeness (QED) is 0.431. The molecule has 0 bridgehead atoms. The van der Waals surface area contributed by atoms with Crippen LogP contribution in [0, 0.1) is 0 Å². The zero-order valence-corrected chi connectivity index (χ0v) is 24.2. The van der Waals surface area contributed by atoms with E-state index in [0.29, 0.717) is 38.0 Å². The van der Waals surface area contributed by atoms with Gasteiger partial charge in [-0.15, -0.1) is 0 Å². The Balaban J connectivity index is 1.54.